The van der Waals surface area contributed by atoms with Gasteiger partial charge in [-0.15, -0.1) is 0 Å². The van der Waals surface area contributed by atoms with E-state index in [0.29, 0.717) is 17.1 Å². The molecule has 6 nitrogen and oxygen atoms in total. The van der Waals surface area contributed by atoms with E-state index in [2.05, 4.69) is 21.7 Å². The lowest BCUT2D eigenvalue weighted by Gasteiger charge is -2.11. The van der Waals surface area contributed by atoms with Gasteiger partial charge in [0, 0.05) is 18.4 Å². The number of rotatable bonds is 8. The summed E-state index contributed by atoms with van der Waals surface area (Å²) in [6.45, 7) is 0.727. The molecule has 0 aliphatic rings. The molecule has 0 radical (unpaired) electrons. The second-order valence-electron chi connectivity index (χ2n) is 6.11. The molecule has 1 aromatic heterocycles. The lowest BCUT2D eigenvalue weighted by atomic mass is 10.1. The van der Waals surface area contributed by atoms with Crippen LogP contribution in [-0.4, -0.2) is 31.7 Å². The zero-order valence-electron chi connectivity index (χ0n) is 15.9. The average molecular weight is 377 g/mol. The Morgan fingerprint density at radius 1 is 1.00 bits per heavy atom. The number of methoxy groups -OCH3 is 2. The van der Waals surface area contributed by atoms with Crippen molar-refractivity contribution >= 4 is 17.3 Å². The van der Waals surface area contributed by atoms with Crippen LogP contribution in [0.3, 0.4) is 0 Å². The Hall–Kier alpha value is -3.54. The summed E-state index contributed by atoms with van der Waals surface area (Å²) in [5.41, 5.74) is 2.95. The van der Waals surface area contributed by atoms with E-state index in [1.165, 1.54) is 5.56 Å². The van der Waals surface area contributed by atoms with Crippen LogP contribution in [-0.2, 0) is 6.42 Å². The highest BCUT2D eigenvalue weighted by Gasteiger charge is 2.11. The monoisotopic (exact) mass is 377 g/mol. The topological polar surface area (TPSA) is 72.5 Å². The Morgan fingerprint density at radius 2 is 1.86 bits per heavy atom. The van der Waals surface area contributed by atoms with Crippen LogP contribution in [0.4, 0.5) is 11.4 Å². The SMILES string of the molecule is COc1cccc(CCNc2ccnc(C(=O)Nc3ccccc3OC)c2)c1. The van der Waals surface area contributed by atoms with Gasteiger partial charge >= 0.3 is 0 Å². The van der Waals surface area contributed by atoms with Gasteiger partial charge in [0.25, 0.3) is 5.91 Å². The van der Waals surface area contributed by atoms with E-state index >= 15 is 0 Å². The molecule has 1 amide bonds. The van der Waals surface area contributed by atoms with Gasteiger partial charge in [-0.05, 0) is 48.4 Å². The van der Waals surface area contributed by atoms with E-state index in [4.69, 9.17) is 9.47 Å². The molecule has 3 aromatic rings. The lowest BCUT2D eigenvalue weighted by Crippen LogP contribution is -2.15. The van der Waals surface area contributed by atoms with Crippen molar-refractivity contribution in [1.29, 1.82) is 0 Å². The average Bonchev–Trinajstić information content (AvgIpc) is 2.74. The molecule has 0 fully saturated rings. The van der Waals surface area contributed by atoms with E-state index < -0.39 is 0 Å². The number of aromatic nitrogens is 1. The van der Waals surface area contributed by atoms with E-state index in [-0.39, 0.29) is 5.91 Å². The van der Waals surface area contributed by atoms with E-state index in [0.717, 1.165) is 24.4 Å². The van der Waals surface area contributed by atoms with Crippen molar-refractivity contribution in [3.63, 3.8) is 0 Å². The summed E-state index contributed by atoms with van der Waals surface area (Å²) >= 11 is 0. The number of para-hydroxylation sites is 2. The van der Waals surface area contributed by atoms with Gasteiger partial charge in [0.1, 0.15) is 17.2 Å². The van der Waals surface area contributed by atoms with Crippen molar-refractivity contribution in [3.05, 3.63) is 78.1 Å². The molecule has 28 heavy (non-hydrogen) atoms. The molecule has 2 aromatic carbocycles. The van der Waals surface area contributed by atoms with Crippen molar-refractivity contribution < 1.29 is 14.3 Å². The number of amides is 1. The second-order valence-corrected chi connectivity index (χ2v) is 6.11. The molecule has 0 aliphatic heterocycles. The van der Waals surface area contributed by atoms with E-state index in [1.807, 2.05) is 36.4 Å². The number of pyridine rings is 1. The van der Waals surface area contributed by atoms with Crippen LogP contribution in [0.1, 0.15) is 16.1 Å². The summed E-state index contributed by atoms with van der Waals surface area (Å²) < 4.78 is 10.5. The maximum Gasteiger partial charge on any atom is 0.274 e. The fourth-order valence-electron chi connectivity index (χ4n) is 2.78. The lowest BCUT2D eigenvalue weighted by molar-refractivity contribution is 0.102. The van der Waals surface area contributed by atoms with Crippen LogP contribution < -0.4 is 20.1 Å². The quantitative estimate of drug-likeness (QED) is 0.621. The minimum atomic E-state index is -0.291. The molecule has 6 heteroatoms. The normalized spacial score (nSPS) is 10.2. The summed E-state index contributed by atoms with van der Waals surface area (Å²) in [7, 11) is 3.22. The number of anilines is 2. The maximum atomic E-state index is 12.5. The minimum Gasteiger partial charge on any atom is -0.497 e. The molecule has 0 aliphatic carbocycles. The summed E-state index contributed by atoms with van der Waals surface area (Å²) in [5, 5.41) is 6.16. The highest BCUT2D eigenvalue weighted by Crippen LogP contribution is 2.23. The van der Waals surface area contributed by atoms with Crippen molar-refractivity contribution in [1.82, 2.24) is 4.98 Å². The number of hydrogen-bond donors (Lipinski definition) is 2. The largest absolute Gasteiger partial charge is 0.497 e. The zero-order valence-corrected chi connectivity index (χ0v) is 15.9. The maximum absolute atomic E-state index is 12.5. The first-order chi connectivity index (χ1) is 13.7. The van der Waals surface area contributed by atoms with Crippen molar-refractivity contribution in [2.45, 2.75) is 6.42 Å². The molecule has 144 valence electrons. The van der Waals surface area contributed by atoms with Crippen LogP contribution in [0, 0.1) is 0 Å². The summed E-state index contributed by atoms with van der Waals surface area (Å²) in [5.74, 6) is 1.15. The number of ether oxygens (including phenoxy) is 2. The number of nitrogens with zero attached hydrogens (tertiary/aromatic N) is 1. The first-order valence-corrected chi connectivity index (χ1v) is 8.97. The summed E-state index contributed by atoms with van der Waals surface area (Å²) in [6, 6.07) is 18.8. The Balaban J connectivity index is 1.61. The van der Waals surface area contributed by atoms with Crippen molar-refractivity contribution in [2.24, 2.45) is 0 Å². The highest BCUT2D eigenvalue weighted by atomic mass is 16.5. The molecular formula is C22H23N3O3. The third-order valence-corrected chi connectivity index (χ3v) is 4.22. The first kappa shape index (κ1) is 19.2. The third-order valence-electron chi connectivity index (χ3n) is 4.22. The molecule has 3 rings (SSSR count). The van der Waals surface area contributed by atoms with Crippen molar-refractivity contribution in [3.8, 4) is 11.5 Å². The first-order valence-electron chi connectivity index (χ1n) is 8.97. The van der Waals surface area contributed by atoms with E-state index in [1.54, 1.807) is 38.6 Å². The van der Waals surface area contributed by atoms with Gasteiger partial charge in [0.15, 0.2) is 0 Å². The van der Waals surface area contributed by atoms with Gasteiger partial charge in [-0.3, -0.25) is 9.78 Å². The van der Waals surface area contributed by atoms with Gasteiger partial charge in [-0.1, -0.05) is 24.3 Å². The number of carbonyl (C=O) groups is 1. The predicted molar refractivity (Wildman–Crippen MR) is 110 cm³/mol. The number of benzene rings is 2. The number of carbonyl (C=O) groups excluding carboxylic acids is 1. The summed E-state index contributed by atoms with van der Waals surface area (Å²) in [6.07, 6.45) is 2.45. The molecular weight excluding hydrogens is 354 g/mol. The molecule has 0 saturated carbocycles. The van der Waals surface area contributed by atoms with Crippen LogP contribution in [0.5, 0.6) is 11.5 Å². The molecule has 0 unspecified atom stereocenters. The molecule has 1 heterocycles. The van der Waals surface area contributed by atoms with Gasteiger partial charge < -0.3 is 20.1 Å². The molecule has 0 saturated heterocycles. The Morgan fingerprint density at radius 3 is 2.68 bits per heavy atom. The zero-order chi connectivity index (χ0) is 19.8. The highest BCUT2D eigenvalue weighted by molar-refractivity contribution is 6.04. The molecule has 0 atom stereocenters. The van der Waals surface area contributed by atoms with Crippen LogP contribution >= 0.6 is 0 Å². The fraction of sp³-hybridized carbons (Fsp3) is 0.182. The Kier molecular flexibility index (Phi) is 6.46. The van der Waals surface area contributed by atoms with Crippen molar-refractivity contribution in [2.75, 3.05) is 31.4 Å². The predicted octanol–water partition coefficient (Wildman–Crippen LogP) is 4.01. The van der Waals surface area contributed by atoms with Gasteiger partial charge in [0.05, 0.1) is 19.9 Å². The Labute approximate surface area is 164 Å². The standard InChI is InChI=1S/C22H23N3O3/c1-27-18-7-5-6-16(14-18)10-12-23-17-11-13-24-20(15-17)22(26)25-19-8-3-4-9-21(19)28-2/h3-9,11,13-15H,10,12H2,1-2H3,(H,23,24)(H,25,26). The van der Waals surface area contributed by atoms with Crippen LogP contribution in [0.2, 0.25) is 0 Å². The molecule has 0 bridgehead atoms. The smallest absolute Gasteiger partial charge is 0.274 e. The molecule has 0 spiro atoms. The van der Waals surface area contributed by atoms with Gasteiger partial charge in [0.2, 0.25) is 0 Å². The fourth-order valence-corrected chi connectivity index (χ4v) is 2.78. The van der Waals surface area contributed by atoms with E-state index in [9.17, 15) is 4.79 Å². The second kappa shape index (κ2) is 9.41. The van der Waals surface area contributed by atoms with Gasteiger partial charge in [-0.25, -0.2) is 0 Å². The Bertz CT molecular complexity index is 944. The molecule has 2 N–H and O–H groups in total. The van der Waals surface area contributed by atoms with Crippen LogP contribution in [0.25, 0.3) is 0 Å². The van der Waals surface area contributed by atoms with Crippen LogP contribution in [0.15, 0.2) is 66.9 Å². The summed E-state index contributed by atoms with van der Waals surface area (Å²) in [4.78, 5) is 16.7. The minimum absolute atomic E-state index is 0.291. The number of hydrogen-bond acceptors (Lipinski definition) is 5. The number of nitrogens with one attached hydrogen (secondary N) is 2. The third kappa shape index (κ3) is 5.01. The van der Waals surface area contributed by atoms with Gasteiger partial charge in [-0.2, -0.15) is 0 Å².